The topological polar surface area (TPSA) is 105 Å². The van der Waals surface area contributed by atoms with Crippen LogP contribution in [0.5, 0.6) is 0 Å². The summed E-state index contributed by atoms with van der Waals surface area (Å²) >= 11 is 4.90. The summed E-state index contributed by atoms with van der Waals surface area (Å²) in [6, 6.07) is 7.88. The maximum atomic E-state index is 12.8. The Morgan fingerprint density at radius 1 is 1.12 bits per heavy atom. The summed E-state index contributed by atoms with van der Waals surface area (Å²) in [5.74, 6) is 1.95. The van der Waals surface area contributed by atoms with Crippen molar-refractivity contribution in [3.63, 3.8) is 0 Å². The maximum Gasteiger partial charge on any atom is 0.228 e. The zero-order valence-electron chi connectivity index (χ0n) is 19.1. The highest BCUT2D eigenvalue weighted by molar-refractivity contribution is 7.91. The molecule has 34 heavy (non-hydrogen) atoms. The molecule has 2 aromatic rings. The van der Waals surface area contributed by atoms with E-state index in [2.05, 4.69) is 19.4 Å². The molecule has 5 rings (SSSR count). The van der Waals surface area contributed by atoms with Gasteiger partial charge in [0.25, 0.3) is 0 Å². The summed E-state index contributed by atoms with van der Waals surface area (Å²) in [4.78, 5) is 17.1. The van der Waals surface area contributed by atoms with E-state index in [4.69, 9.17) is 21.6 Å². The number of sulfonamides is 1. The van der Waals surface area contributed by atoms with E-state index >= 15 is 0 Å². The molecular weight excluding hydrogens is 496 g/mol. The minimum Gasteiger partial charge on any atom is -0.611 e. The molecule has 0 aliphatic carbocycles. The van der Waals surface area contributed by atoms with E-state index in [9.17, 15) is 13.0 Å². The van der Waals surface area contributed by atoms with Crippen molar-refractivity contribution < 1.29 is 13.0 Å². The molecule has 0 radical (unpaired) electrons. The average Bonchev–Trinajstić information content (AvgIpc) is 3.44. The van der Waals surface area contributed by atoms with Crippen molar-refractivity contribution in [1.29, 1.82) is 0 Å². The van der Waals surface area contributed by atoms with Crippen molar-refractivity contribution in [2.24, 2.45) is 0 Å². The van der Waals surface area contributed by atoms with E-state index in [-0.39, 0.29) is 6.04 Å². The molecule has 1 N–H and O–H groups in total. The highest BCUT2D eigenvalue weighted by atomic mass is 35.5. The average molecular weight is 525 g/mol. The smallest absolute Gasteiger partial charge is 0.228 e. The van der Waals surface area contributed by atoms with Crippen LogP contribution < -0.4 is 19.4 Å². The number of halogens is 1. The number of piperazine rings is 1. The number of hydrogen-bond donors (Lipinski definition) is 1. The molecule has 0 amide bonds. The molecule has 2 saturated heterocycles. The third kappa shape index (κ3) is 5.08. The van der Waals surface area contributed by atoms with Crippen LogP contribution in [0.3, 0.4) is 0 Å². The largest absolute Gasteiger partial charge is 0.611 e. The Morgan fingerprint density at radius 2 is 1.82 bits per heavy atom. The third-order valence-corrected chi connectivity index (χ3v) is 9.03. The molecule has 2 fully saturated rings. The summed E-state index contributed by atoms with van der Waals surface area (Å²) in [7, 11) is -3.29. The van der Waals surface area contributed by atoms with Gasteiger partial charge in [-0.2, -0.15) is 4.98 Å². The van der Waals surface area contributed by atoms with E-state index in [1.54, 1.807) is 0 Å². The molecule has 184 valence electrons. The van der Waals surface area contributed by atoms with Crippen LogP contribution in [0.1, 0.15) is 18.5 Å². The zero-order chi connectivity index (χ0) is 23.9. The Kier molecular flexibility index (Phi) is 6.82. The number of nitrogens with one attached hydrogen (secondary N) is 1. The number of hydrogen-bond acceptors (Lipinski definition) is 8. The van der Waals surface area contributed by atoms with Crippen LogP contribution >= 0.6 is 11.6 Å². The molecule has 12 heteroatoms. The number of anilines is 3. The molecule has 1 unspecified atom stereocenters. The van der Waals surface area contributed by atoms with Crippen molar-refractivity contribution in [2.75, 3.05) is 66.0 Å². The number of rotatable bonds is 6. The lowest BCUT2D eigenvalue weighted by atomic mass is 10.2. The van der Waals surface area contributed by atoms with E-state index in [0.717, 1.165) is 66.9 Å². The minimum atomic E-state index is -3.29. The second kappa shape index (κ2) is 9.69. The lowest BCUT2D eigenvalue weighted by Crippen LogP contribution is -2.47. The fraction of sp³-hybridized carbons (Fsp3) is 0.545. The van der Waals surface area contributed by atoms with Gasteiger partial charge >= 0.3 is 0 Å². The molecule has 2 atom stereocenters. The Labute approximate surface area is 208 Å². The van der Waals surface area contributed by atoms with E-state index in [1.165, 1.54) is 6.26 Å². The highest BCUT2D eigenvalue weighted by Gasteiger charge is 2.38. The van der Waals surface area contributed by atoms with Gasteiger partial charge in [-0.25, -0.2) is 18.1 Å². The Hall–Kier alpha value is -1.79. The lowest BCUT2D eigenvalue weighted by molar-refractivity contribution is 0.569. The standard InChI is InChI=1S/C22H29ClN6O3S2/c1-34(31,32)24-15-18-3-2-9-29(18)21-20-19(8-14-33(20)30)25-22(26-21)28-12-10-27(11-13-28)17-6-4-16(23)5-7-17/h4-7,18,24H,2-3,8-15H2,1H3/t18-,33?/m0/s1. The first-order valence-corrected chi connectivity index (χ1v) is 15.1. The lowest BCUT2D eigenvalue weighted by Gasteiger charge is -2.36. The van der Waals surface area contributed by atoms with Crippen molar-refractivity contribution >= 4 is 50.3 Å². The SMILES string of the molecule is CS(=O)(=O)NC[C@@H]1CCCN1c1nc(N2CCN(c3ccc(Cl)cc3)CC2)nc2c1[S+]([O-])CC2. The highest BCUT2D eigenvalue weighted by Crippen LogP contribution is 2.37. The molecule has 4 heterocycles. The second-order valence-electron chi connectivity index (χ2n) is 8.98. The molecule has 0 saturated carbocycles. The molecule has 9 nitrogen and oxygen atoms in total. The number of aromatic nitrogens is 2. The Balaban J connectivity index is 1.37. The van der Waals surface area contributed by atoms with Gasteiger partial charge in [0.15, 0.2) is 5.82 Å². The fourth-order valence-corrected chi connectivity index (χ4v) is 6.87. The summed E-state index contributed by atoms with van der Waals surface area (Å²) in [6.07, 6.45) is 3.65. The van der Waals surface area contributed by atoms with Gasteiger partial charge in [0.05, 0.1) is 6.26 Å². The van der Waals surface area contributed by atoms with Crippen molar-refractivity contribution in [2.45, 2.75) is 30.2 Å². The van der Waals surface area contributed by atoms with Gasteiger partial charge in [0.2, 0.25) is 20.9 Å². The molecule has 3 aliphatic heterocycles. The maximum absolute atomic E-state index is 12.8. The van der Waals surface area contributed by atoms with Gasteiger partial charge in [-0.05, 0) is 48.3 Å². The molecule has 0 spiro atoms. The quantitative estimate of drug-likeness (QED) is 0.569. The van der Waals surface area contributed by atoms with Crippen molar-refractivity contribution in [1.82, 2.24) is 14.7 Å². The number of nitrogens with zero attached hydrogens (tertiary/aromatic N) is 5. The second-order valence-corrected chi connectivity index (χ2v) is 12.8. The van der Waals surface area contributed by atoms with Gasteiger partial charge in [-0.15, -0.1) is 0 Å². The normalized spacial score (nSPS) is 23.0. The number of benzene rings is 1. The van der Waals surface area contributed by atoms with Gasteiger partial charge in [0, 0.05) is 62.4 Å². The van der Waals surface area contributed by atoms with Crippen LogP contribution in [0.25, 0.3) is 0 Å². The predicted molar refractivity (Wildman–Crippen MR) is 136 cm³/mol. The van der Waals surface area contributed by atoms with Crippen LogP contribution in [0.2, 0.25) is 5.02 Å². The Bertz CT molecular complexity index is 1140. The summed E-state index contributed by atoms with van der Waals surface area (Å²) in [6.45, 7) is 4.33. The van der Waals surface area contributed by atoms with Crippen LogP contribution in [0.4, 0.5) is 17.5 Å². The van der Waals surface area contributed by atoms with Gasteiger partial charge in [-0.1, -0.05) is 11.6 Å². The van der Waals surface area contributed by atoms with E-state index in [1.807, 2.05) is 24.3 Å². The van der Waals surface area contributed by atoms with Gasteiger partial charge in [0.1, 0.15) is 11.4 Å². The summed E-state index contributed by atoms with van der Waals surface area (Å²) < 4.78 is 38.8. The molecule has 0 bridgehead atoms. The molecule has 3 aliphatic rings. The third-order valence-electron chi connectivity index (χ3n) is 6.64. The molecular formula is C22H29ClN6O3S2. The first kappa shape index (κ1) is 23.9. The summed E-state index contributed by atoms with van der Waals surface area (Å²) in [5.41, 5.74) is 2.01. The zero-order valence-corrected chi connectivity index (χ0v) is 21.5. The van der Waals surface area contributed by atoms with E-state index in [0.29, 0.717) is 30.5 Å². The first-order chi connectivity index (χ1) is 16.3. The molecule has 1 aromatic heterocycles. The van der Waals surface area contributed by atoms with Crippen LogP contribution in [-0.2, 0) is 27.6 Å². The molecule has 1 aromatic carbocycles. The van der Waals surface area contributed by atoms with Crippen LogP contribution in [0.15, 0.2) is 29.2 Å². The number of fused-ring (bicyclic) bond motifs is 1. The first-order valence-electron chi connectivity index (χ1n) is 11.5. The Morgan fingerprint density at radius 3 is 2.53 bits per heavy atom. The van der Waals surface area contributed by atoms with Crippen LogP contribution in [0, 0.1) is 0 Å². The van der Waals surface area contributed by atoms with E-state index < -0.39 is 21.2 Å². The van der Waals surface area contributed by atoms with Gasteiger partial charge in [-0.3, -0.25) is 0 Å². The summed E-state index contributed by atoms with van der Waals surface area (Å²) in [5, 5.41) is 0.728. The minimum absolute atomic E-state index is 0.0130. The van der Waals surface area contributed by atoms with Crippen molar-refractivity contribution in [3.8, 4) is 0 Å². The predicted octanol–water partition coefficient (Wildman–Crippen LogP) is 1.64. The van der Waals surface area contributed by atoms with Crippen LogP contribution in [-0.4, -0.2) is 80.3 Å². The number of aryl methyl sites for hydroxylation is 1. The van der Waals surface area contributed by atoms with Crippen molar-refractivity contribution in [3.05, 3.63) is 35.0 Å². The fourth-order valence-electron chi connectivity index (χ4n) is 4.89. The monoisotopic (exact) mass is 524 g/mol. The van der Waals surface area contributed by atoms with Gasteiger partial charge < -0.3 is 19.3 Å².